The Kier molecular flexibility index (Phi) is 13.3. The van der Waals surface area contributed by atoms with Gasteiger partial charge in [0.2, 0.25) is 24.2 Å². The van der Waals surface area contributed by atoms with Crippen molar-refractivity contribution in [2.45, 2.75) is 57.4 Å². The number of likely N-dealkylation sites (tertiary alicyclic amines) is 1. The Bertz CT molecular complexity index is 1560. The maximum absolute atomic E-state index is 13.0. The number of nitrogens with one attached hydrogen (secondary N) is 1. The summed E-state index contributed by atoms with van der Waals surface area (Å²) in [5.74, 6) is 0.603. The van der Waals surface area contributed by atoms with Crippen LogP contribution in [0, 0.1) is 5.92 Å². The molecule has 1 atom stereocenters. The van der Waals surface area contributed by atoms with Gasteiger partial charge in [0.05, 0.1) is 16.7 Å². The van der Waals surface area contributed by atoms with E-state index in [1.165, 1.54) is 15.9 Å². The number of carbonyl (C=O) groups excluding carboxylic acids is 3. The lowest BCUT2D eigenvalue weighted by molar-refractivity contribution is -0.910. The van der Waals surface area contributed by atoms with E-state index in [2.05, 4.69) is 49.3 Å². The number of nitrogens with zero attached hydrogens (tertiary/aromatic N) is 6. The number of rotatable bonds is 10. The Morgan fingerprint density at radius 2 is 1.82 bits per heavy atom. The molecule has 12 nitrogen and oxygen atoms in total. The fourth-order valence-electron chi connectivity index (χ4n) is 7.14. The lowest BCUT2D eigenvalue weighted by atomic mass is 9.88. The van der Waals surface area contributed by atoms with Gasteiger partial charge in [-0.25, -0.2) is 9.78 Å². The number of aromatic nitrogens is 3. The van der Waals surface area contributed by atoms with Crippen LogP contribution in [0.4, 0.5) is 4.79 Å². The number of amides is 4. The van der Waals surface area contributed by atoms with Crippen LogP contribution in [0.5, 0.6) is 0 Å². The number of imidazole rings is 1. The third-order valence-corrected chi connectivity index (χ3v) is 10.5. The fourth-order valence-corrected chi connectivity index (χ4v) is 7.81. The second kappa shape index (κ2) is 17.8. The number of piperazine rings is 1. The largest absolute Gasteiger partial charge is 0.359 e. The average Bonchev–Trinajstić information content (AvgIpc) is 3.56. The number of aryl methyl sites for hydroxylation is 3. The number of pyridine rings is 1. The first kappa shape index (κ1) is 36.6. The highest BCUT2D eigenvalue weighted by Gasteiger charge is 2.34. The summed E-state index contributed by atoms with van der Waals surface area (Å²) in [6.07, 6.45) is 13.6. The number of primary amides is 1. The number of hydrogen-bond donors (Lipinski definition) is 3. The topological polar surface area (TPSA) is 141 Å². The van der Waals surface area contributed by atoms with Crippen molar-refractivity contribution >= 4 is 45.9 Å². The van der Waals surface area contributed by atoms with Crippen LogP contribution in [-0.4, -0.2) is 100 Å². The van der Waals surface area contributed by atoms with Crippen LogP contribution in [0.1, 0.15) is 60.4 Å². The molecular formula is C35H47BrClN8O4+. The van der Waals surface area contributed by atoms with Crippen molar-refractivity contribution in [1.82, 2.24) is 29.6 Å². The third-order valence-electron chi connectivity index (χ3n) is 9.84. The van der Waals surface area contributed by atoms with Crippen LogP contribution in [-0.2, 0) is 29.0 Å². The van der Waals surface area contributed by atoms with Crippen molar-refractivity contribution in [2.75, 3.05) is 52.4 Å². The molecular weight excluding hydrogens is 712 g/mol. The van der Waals surface area contributed by atoms with Crippen molar-refractivity contribution < 1.29 is 24.3 Å². The maximum Gasteiger partial charge on any atom is 0.314 e. The highest BCUT2D eigenvalue weighted by atomic mass is 79.9. The molecule has 4 heterocycles. The molecule has 2 aliphatic heterocycles. The second-order valence-corrected chi connectivity index (χ2v) is 14.4. The summed E-state index contributed by atoms with van der Waals surface area (Å²) in [4.78, 5) is 44.1. The lowest BCUT2D eigenvalue weighted by Gasteiger charge is -2.37. The lowest BCUT2D eigenvalue weighted by Crippen LogP contribution is -2.50. The van der Waals surface area contributed by atoms with Gasteiger partial charge in [0.1, 0.15) is 0 Å². The molecule has 4 amide bonds. The Morgan fingerprint density at radius 1 is 1.06 bits per heavy atom. The van der Waals surface area contributed by atoms with Gasteiger partial charge in [-0.1, -0.05) is 17.7 Å². The first-order chi connectivity index (χ1) is 23.7. The Balaban J connectivity index is 0.000000363. The summed E-state index contributed by atoms with van der Waals surface area (Å²) in [6, 6.07) is 7.87. The molecule has 49 heavy (non-hydrogen) atoms. The molecule has 1 unspecified atom stereocenters. The Morgan fingerprint density at radius 3 is 2.51 bits per heavy atom. The molecule has 1 aromatic carbocycles. The first-order valence-corrected chi connectivity index (χ1v) is 18.3. The summed E-state index contributed by atoms with van der Waals surface area (Å²) in [7, 11) is 0. The number of halogens is 2. The normalized spacial score (nSPS) is 18.0. The van der Waals surface area contributed by atoms with Crippen molar-refractivity contribution in [2.24, 2.45) is 11.7 Å². The van der Waals surface area contributed by atoms with Crippen LogP contribution in [0.3, 0.4) is 0 Å². The van der Waals surface area contributed by atoms with Crippen molar-refractivity contribution in [3.8, 4) is 0 Å². The summed E-state index contributed by atoms with van der Waals surface area (Å²) in [5, 5.41) is 14.2. The van der Waals surface area contributed by atoms with Gasteiger partial charge in [-0.2, -0.15) is 0 Å². The number of piperidine rings is 1. The average molecular weight is 759 g/mol. The van der Waals surface area contributed by atoms with Gasteiger partial charge in [0.15, 0.2) is 0 Å². The van der Waals surface area contributed by atoms with Gasteiger partial charge >= 0.3 is 6.03 Å². The minimum Gasteiger partial charge on any atom is -0.359 e. The molecule has 3 aromatic rings. The van der Waals surface area contributed by atoms with E-state index < -0.39 is 0 Å². The molecule has 4 N–H and O–H groups in total. The maximum atomic E-state index is 13.0. The minimum absolute atomic E-state index is 0.0591. The van der Waals surface area contributed by atoms with Crippen molar-refractivity contribution in [3.63, 3.8) is 0 Å². The van der Waals surface area contributed by atoms with Crippen molar-refractivity contribution in [1.29, 1.82) is 0 Å². The molecule has 0 saturated carbocycles. The summed E-state index contributed by atoms with van der Waals surface area (Å²) < 4.78 is 4.13. The quantitative estimate of drug-likeness (QED) is 0.125. The zero-order chi connectivity index (χ0) is 34.8. The Labute approximate surface area is 301 Å². The third kappa shape index (κ3) is 10.2. The van der Waals surface area contributed by atoms with E-state index in [0.29, 0.717) is 31.8 Å². The SMILES string of the molecule is NC(=O)N1CCC(CC(=O)N2CCN(CCC3c4ccc(Cl)cc4CCc4cc(Br)c[n+](O)c43)CC2)CC1.O=CNCCCn1ccnc1. The van der Waals surface area contributed by atoms with Gasteiger partial charge in [-0.05, 0) is 96.2 Å². The second-order valence-electron chi connectivity index (χ2n) is 13.0. The molecule has 2 fully saturated rings. The number of benzene rings is 1. The van der Waals surface area contributed by atoms with Crippen LogP contribution < -0.4 is 15.8 Å². The molecule has 264 valence electrons. The van der Waals surface area contributed by atoms with E-state index in [4.69, 9.17) is 17.3 Å². The molecule has 1 aliphatic carbocycles. The number of nitrogens with two attached hydrogens (primary N) is 1. The highest BCUT2D eigenvalue weighted by Crippen LogP contribution is 2.37. The highest BCUT2D eigenvalue weighted by molar-refractivity contribution is 9.10. The van der Waals surface area contributed by atoms with Crippen LogP contribution in [0.15, 0.2) is 53.7 Å². The summed E-state index contributed by atoms with van der Waals surface area (Å²) in [6.45, 7) is 6.96. The van der Waals surface area contributed by atoms with Crippen LogP contribution >= 0.6 is 27.5 Å². The number of hydrogen-bond acceptors (Lipinski definition) is 6. The monoisotopic (exact) mass is 757 g/mol. The van der Waals surface area contributed by atoms with Crippen molar-refractivity contribution in [3.05, 3.63) is 81.1 Å². The smallest absolute Gasteiger partial charge is 0.314 e. The van der Waals surface area contributed by atoms with E-state index in [9.17, 15) is 19.6 Å². The fraction of sp³-hybridized carbons (Fsp3) is 0.514. The Hall–Kier alpha value is -3.68. The van der Waals surface area contributed by atoms with Gasteiger partial charge in [-0.3, -0.25) is 19.7 Å². The zero-order valence-corrected chi connectivity index (χ0v) is 30.2. The standard InChI is InChI=1S/C28H35BrClN5O3.C7H11N3O/c29-22-16-21-2-1-20-17-23(30)3-4-24(20)25(27(21)35(38)18-22)7-8-32-11-13-33(14-12-32)26(36)15-19-5-9-34(10-6-19)28(31)37;11-7-9-2-1-4-10-5-3-8-6-10/h3-4,16-19,25H,1-2,5-15H2,(H2-,31,37,38);3,5-7H,1-2,4H2,(H,9,11)/p+1. The number of urea groups is 1. The van der Waals surface area contributed by atoms with Crippen LogP contribution in [0.25, 0.3) is 0 Å². The zero-order valence-electron chi connectivity index (χ0n) is 27.9. The first-order valence-electron chi connectivity index (χ1n) is 17.1. The van der Waals surface area contributed by atoms with Gasteiger partial charge in [-0.15, -0.1) is 0 Å². The summed E-state index contributed by atoms with van der Waals surface area (Å²) >= 11 is 9.87. The molecule has 2 aromatic heterocycles. The molecule has 3 aliphatic rings. The molecule has 2 saturated heterocycles. The molecule has 0 spiro atoms. The van der Waals surface area contributed by atoms with Crippen LogP contribution in [0.2, 0.25) is 5.02 Å². The number of fused-ring (bicyclic) bond motifs is 2. The van der Waals surface area contributed by atoms with Gasteiger partial charge < -0.3 is 25.4 Å². The van der Waals surface area contributed by atoms with E-state index in [1.54, 1.807) is 23.6 Å². The van der Waals surface area contributed by atoms with E-state index in [0.717, 1.165) is 105 Å². The predicted octanol–water partition coefficient (Wildman–Crippen LogP) is 3.59. The van der Waals surface area contributed by atoms with E-state index in [1.807, 2.05) is 21.7 Å². The summed E-state index contributed by atoms with van der Waals surface area (Å²) in [5.41, 5.74) is 9.95. The predicted molar refractivity (Wildman–Crippen MR) is 189 cm³/mol. The molecule has 0 radical (unpaired) electrons. The molecule has 14 heteroatoms. The minimum atomic E-state index is -0.368. The molecule has 6 rings (SSSR count). The van der Waals surface area contributed by atoms with Gasteiger partial charge in [0, 0.05) is 86.5 Å². The van der Waals surface area contributed by atoms with E-state index >= 15 is 0 Å². The van der Waals surface area contributed by atoms with Gasteiger partial charge in [0.25, 0.3) is 0 Å². The molecule has 0 bridgehead atoms. The van der Waals surface area contributed by atoms with E-state index in [-0.39, 0.29) is 17.9 Å². The number of carbonyl (C=O) groups is 3.